The largest absolute Gasteiger partial charge is 0.309 e. The lowest BCUT2D eigenvalue weighted by Crippen LogP contribution is -2.48. The number of hydrogen-bond acceptors (Lipinski definition) is 3. The van der Waals surface area contributed by atoms with Gasteiger partial charge in [0.1, 0.15) is 0 Å². The van der Waals surface area contributed by atoms with Gasteiger partial charge in [0.25, 0.3) is 0 Å². The molecule has 0 spiro atoms. The fourth-order valence-electron chi connectivity index (χ4n) is 3.10. The van der Waals surface area contributed by atoms with Crippen molar-refractivity contribution >= 4 is 0 Å². The first-order chi connectivity index (χ1) is 10.2. The Balaban J connectivity index is 1.90. The van der Waals surface area contributed by atoms with Crippen LogP contribution < -0.4 is 5.32 Å². The molecule has 1 aromatic carbocycles. The summed E-state index contributed by atoms with van der Waals surface area (Å²) in [5.41, 5.74) is 2.75. The number of rotatable bonds is 7. The van der Waals surface area contributed by atoms with Gasteiger partial charge in [0.2, 0.25) is 0 Å². The number of hydrogen-bond donors (Lipinski definition) is 1. The minimum Gasteiger partial charge on any atom is -0.309 e. The summed E-state index contributed by atoms with van der Waals surface area (Å²) in [5, 5.41) is 3.65. The molecule has 3 heteroatoms. The molecule has 0 saturated carbocycles. The molecule has 1 aromatic rings. The molecule has 0 bridgehead atoms. The summed E-state index contributed by atoms with van der Waals surface area (Å²) in [7, 11) is 0. The van der Waals surface area contributed by atoms with Gasteiger partial charge in [-0.15, -0.1) is 0 Å². The van der Waals surface area contributed by atoms with Crippen LogP contribution in [0, 0.1) is 6.92 Å². The second kappa shape index (κ2) is 8.52. The van der Waals surface area contributed by atoms with Crippen LogP contribution in [-0.4, -0.2) is 55.6 Å². The quantitative estimate of drug-likeness (QED) is 0.832. The monoisotopic (exact) mass is 289 g/mol. The average Bonchev–Trinajstić information content (AvgIpc) is 2.50. The fraction of sp³-hybridized carbons (Fsp3) is 0.667. The Bertz CT molecular complexity index is 393. The van der Waals surface area contributed by atoms with E-state index in [-0.39, 0.29) is 0 Å². The van der Waals surface area contributed by atoms with Crippen molar-refractivity contribution in [1.29, 1.82) is 0 Å². The highest BCUT2D eigenvalue weighted by atomic mass is 15.3. The standard InChI is InChI=1S/C18H31N3/c1-4-10-20-11-13-21(14-12-20)15-18(19-5-2)17-8-6-16(3)7-9-17/h6-9,18-19H,4-5,10-15H2,1-3H3. The zero-order valence-corrected chi connectivity index (χ0v) is 13.9. The lowest BCUT2D eigenvalue weighted by molar-refractivity contribution is 0.123. The molecule has 1 N–H and O–H groups in total. The Kier molecular flexibility index (Phi) is 6.68. The van der Waals surface area contributed by atoms with Crippen molar-refractivity contribution in [2.75, 3.05) is 45.8 Å². The SMILES string of the molecule is CCCN1CCN(CC(NCC)c2ccc(C)cc2)CC1. The summed E-state index contributed by atoms with van der Waals surface area (Å²) >= 11 is 0. The summed E-state index contributed by atoms with van der Waals surface area (Å²) in [6, 6.07) is 9.44. The van der Waals surface area contributed by atoms with Crippen molar-refractivity contribution < 1.29 is 0 Å². The van der Waals surface area contributed by atoms with Crippen molar-refractivity contribution in [3.63, 3.8) is 0 Å². The average molecular weight is 289 g/mol. The predicted molar refractivity (Wildman–Crippen MR) is 90.8 cm³/mol. The number of likely N-dealkylation sites (N-methyl/N-ethyl adjacent to an activating group) is 1. The first kappa shape index (κ1) is 16.5. The molecular weight excluding hydrogens is 258 g/mol. The maximum Gasteiger partial charge on any atom is 0.0449 e. The van der Waals surface area contributed by atoms with Crippen LogP contribution in [0.1, 0.15) is 37.4 Å². The van der Waals surface area contributed by atoms with Crippen LogP contribution in [0.25, 0.3) is 0 Å². The Morgan fingerprint density at radius 1 is 1.00 bits per heavy atom. The van der Waals surface area contributed by atoms with Gasteiger partial charge >= 0.3 is 0 Å². The number of piperazine rings is 1. The van der Waals surface area contributed by atoms with Crippen molar-refractivity contribution in [3.8, 4) is 0 Å². The van der Waals surface area contributed by atoms with E-state index in [4.69, 9.17) is 0 Å². The van der Waals surface area contributed by atoms with E-state index in [0.717, 1.165) is 13.1 Å². The zero-order valence-electron chi connectivity index (χ0n) is 13.9. The van der Waals surface area contributed by atoms with Gasteiger partial charge in [-0.3, -0.25) is 4.90 Å². The molecule has 0 amide bonds. The minimum atomic E-state index is 0.452. The number of nitrogens with one attached hydrogen (secondary N) is 1. The molecule has 1 heterocycles. The van der Waals surface area contributed by atoms with E-state index >= 15 is 0 Å². The van der Waals surface area contributed by atoms with E-state index in [1.807, 2.05) is 0 Å². The minimum absolute atomic E-state index is 0.452. The lowest BCUT2D eigenvalue weighted by Gasteiger charge is -2.36. The van der Waals surface area contributed by atoms with Crippen LogP contribution in [0.3, 0.4) is 0 Å². The summed E-state index contributed by atoms with van der Waals surface area (Å²) < 4.78 is 0. The van der Waals surface area contributed by atoms with Gasteiger partial charge in [0, 0.05) is 38.8 Å². The third kappa shape index (κ3) is 5.10. The normalized spacial score (nSPS) is 18.8. The van der Waals surface area contributed by atoms with Gasteiger partial charge in [-0.2, -0.15) is 0 Å². The molecule has 1 aliphatic rings. The van der Waals surface area contributed by atoms with Gasteiger partial charge in [-0.25, -0.2) is 0 Å². The van der Waals surface area contributed by atoms with Crippen LogP contribution in [0.4, 0.5) is 0 Å². The molecule has 21 heavy (non-hydrogen) atoms. The van der Waals surface area contributed by atoms with Gasteiger partial charge in [0.15, 0.2) is 0 Å². The van der Waals surface area contributed by atoms with Crippen molar-refractivity contribution in [2.24, 2.45) is 0 Å². The van der Waals surface area contributed by atoms with Crippen molar-refractivity contribution in [2.45, 2.75) is 33.2 Å². The highest BCUT2D eigenvalue weighted by Gasteiger charge is 2.20. The van der Waals surface area contributed by atoms with Gasteiger partial charge in [-0.05, 0) is 32.0 Å². The zero-order chi connectivity index (χ0) is 15.1. The maximum absolute atomic E-state index is 3.65. The number of nitrogens with zero attached hydrogens (tertiary/aromatic N) is 2. The van der Waals surface area contributed by atoms with Gasteiger partial charge < -0.3 is 10.2 Å². The van der Waals surface area contributed by atoms with Crippen LogP contribution >= 0.6 is 0 Å². The Morgan fingerprint density at radius 3 is 2.19 bits per heavy atom. The van der Waals surface area contributed by atoms with Crippen molar-refractivity contribution in [3.05, 3.63) is 35.4 Å². The topological polar surface area (TPSA) is 18.5 Å². The molecule has 3 nitrogen and oxygen atoms in total. The van der Waals surface area contributed by atoms with E-state index in [9.17, 15) is 0 Å². The molecule has 1 saturated heterocycles. The molecular formula is C18H31N3. The fourth-order valence-corrected chi connectivity index (χ4v) is 3.10. The molecule has 1 fully saturated rings. The van der Waals surface area contributed by atoms with Crippen molar-refractivity contribution in [1.82, 2.24) is 15.1 Å². The Morgan fingerprint density at radius 2 is 1.62 bits per heavy atom. The molecule has 118 valence electrons. The summed E-state index contributed by atoms with van der Waals surface area (Å²) in [6.45, 7) is 14.9. The second-order valence-electron chi connectivity index (χ2n) is 6.16. The summed E-state index contributed by atoms with van der Waals surface area (Å²) in [6.07, 6.45) is 1.27. The van der Waals surface area contributed by atoms with Gasteiger partial charge in [0.05, 0.1) is 0 Å². The number of aryl methyl sites for hydroxylation is 1. The first-order valence-corrected chi connectivity index (χ1v) is 8.47. The van der Waals surface area contributed by atoms with E-state index in [1.54, 1.807) is 0 Å². The van der Waals surface area contributed by atoms with E-state index < -0.39 is 0 Å². The Labute approximate surface area is 130 Å². The lowest BCUT2D eigenvalue weighted by atomic mass is 10.0. The number of benzene rings is 1. The summed E-state index contributed by atoms with van der Waals surface area (Å²) in [5.74, 6) is 0. The highest BCUT2D eigenvalue weighted by Crippen LogP contribution is 2.16. The molecule has 0 aromatic heterocycles. The predicted octanol–water partition coefficient (Wildman–Crippen LogP) is 2.67. The smallest absolute Gasteiger partial charge is 0.0449 e. The molecule has 1 unspecified atom stereocenters. The molecule has 1 aliphatic heterocycles. The highest BCUT2D eigenvalue weighted by molar-refractivity contribution is 5.24. The van der Waals surface area contributed by atoms with Crippen LogP contribution in [0.15, 0.2) is 24.3 Å². The molecule has 2 rings (SSSR count). The van der Waals surface area contributed by atoms with Crippen LogP contribution in [0.5, 0.6) is 0 Å². The Hall–Kier alpha value is -0.900. The van der Waals surface area contributed by atoms with E-state index in [0.29, 0.717) is 6.04 Å². The maximum atomic E-state index is 3.65. The third-order valence-electron chi connectivity index (χ3n) is 4.38. The molecule has 1 atom stereocenters. The molecule has 0 radical (unpaired) electrons. The van der Waals surface area contributed by atoms with Crippen LogP contribution in [-0.2, 0) is 0 Å². The van der Waals surface area contributed by atoms with Crippen LogP contribution in [0.2, 0.25) is 0 Å². The molecule has 0 aliphatic carbocycles. The summed E-state index contributed by atoms with van der Waals surface area (Å²) in [4.78, 5) is 5.20. The van der Waals surface area contributed by atoms with E-state index in [2.05, 4.69) is 60.2 Å². The first-order valence-electron chi connectivity index (χ1n) is 8.47. The second-order valence-corrected chi connectivity index (χ2v) is 6.16. The third-order valence-corrected chi connectivity index (χ3v) is 4.38. The van der Waals surface area contributed by atoms with Gasteiger partial charge in [-0.1, -0.05) is 43.7 Å². The van der Waals surface area contributed by atoms with E-state index in [1.165, 1.54) is 50.3 Å².